The van der Waals surface area contributed by atoms with Gasteiger partial charge in [-0.05, 0) is 37.3 Å². The zero-order valence-electron chi connectivity index (χ0n) is 11.0. The van der Waals surface area contributed by atoms with Crippen molar-refractivity contribution in [3.8, 4) is 0 Å². The van der Waals surface area contributed by atoms with Gasteiger partial charge in [0.25, 0.3) is 0 Å². The quantitative estimate of drug-likeness (QED) is 0.913. The van der Waals surface area contributed by atoms with Crippen LogP contribution in [-0.2, 0) is 4.74 Å². The average molecular weight is 257 g/mol. The summed E-state index contributed by atoms with van der Waals surface area (Å²) in [4.78, 5) is 0. The zero-order valence-corrected chi connectivity index (χ0v) is 11.0. The molecule has 2 atom stereocenters. The number of furan rings is 1. The van der Waals surface area contributed by atoms with Gasteiger partial charge in [0.05, 0.1) is 12.6 Å². The third-order valence-electron chi connectivity index (χ3n) is 4.19. The Morgan fingerprint density at radius 2 is 2.05 bits per heavy atom. The lowest BCUT2D eigenvalue weighted by atomic mass is 10.1. The molecule has 100 valence electrons. The summed E-state index contributed by atoms with van der Waals surface area (Å²) >= 11 is 0. The predicted octanol–water partition coefficient (Wildman–Crippen LogP) is 3.26. The van der Waals surface area contributed by atoms with E-state index in [1.807, 2.05) is 12.1 Å². The Hall–Kier alpha value is -1.32. The maximum absolute atomic E-state index is 6.04. The molecule has 4 rings (SSSR count). The molecule has 3 heteroatoms. The van der Waals surface area contributed by atoms with Gasteiger partial charge >= 0.3 is 0 Å². The van der Waals surface area contributed by atoms with Crippen molar-refractivity contribution in [3.05, 3.63) is 36.1 Å². The van der Waals surface area contributed by atoms with Gasteiger partial charge in [-0.25, -0.2) is 0 Å². The van der Waals surface area contributed by atoms with Crippen molar-refractivity contribution >= 4 is 11.0 Å². The highest BCUT2D eigenvalue weighted by Crippen LogP contribution is 2.42. The summed E-state index contributed by atoms with van der Waals surface area (Å²) < 4.78 is 11.5. The van der Waals surface area contributed by atoms with Gasteiger partial charge in [0, 0.05) is 18.0 Å². The third-order valence-corrected chi connectivity index (χ3v) is 4.19. The van der Waals surface area contributed by atoms with E-state index in [1.165, 1.54) is 18.2 Å². The molecule has 1 aromatic carbocycles. The van der Waals surface area contributed by atoms with Crippen LogP contribution in [0.15, 0.2) is 34.7 Å². The van der Waals surface area contributed by atoms with E-state index in [4.69, 9.17) is 9.15 Å². The van der Waals surface area contributed by atoms with Crippen LogP contribution in [0.1, 0.15) is 31.1 Å². The highest BCUT2D eigenvalue weighted by atomic mass is 16.5. The topological polar surface area (TPSA) is 34.4 Å². The molecule has 2 heterocycles. The molecule has 1 saturated carbocycles. The number of hydrogen-bond acceptors (Lipinski definition) is 3. The number of benzene rings is 1. The Bertz CT molecular complexity index is 534. The van der Waals surface area contributed by atoms with Crippen molar-refractivity contribution in [2.45, 2.75) is 31.3 Å². The molecule has 2 fully saturated rings. The lowest BCUT2D eigenvalue weighted by molar-refractivity contribution is 0.186. The molecule has 0 bridgehead atoms. The Morgan fingerprint density at radius 1 is 1.16 bits per heavy atom. The summed E-state index contributed by atoms with van der Waals surface area (Å²) in [5.41, 5.74) is 0.993. The summed E-state index contributed by atoms with van der Waals surface area (Å²) in [5.74, 6) is 1.83. The van der Waals surface area contributed by atoms with Crippen LogP contribution in [0, 0.1) is 5.92 Å². The second-order valence-corrected chi connectivity index (χ2v) is 5.73. The second kappa shape index (κ2) is 4.66. The van der Waals surface area contributed by atoms with Crippen LogP contribution in [0.2, 0.25) is 0 Å². The van der Waals surface area contributed by atoms with Crippen molar-refractivity contribution in [1.29, 1.82) is 0 Å². The molecular formula is C16H19NO2. The van der Waals surface area contributed by atoms with Crippen molar-refractivity contribution in [1.82, 2.24) is 5.32 Å². The maximum atomic E-state index is 6.04. The maximum Gasteiger partial charge on any atom is 0.134 e. The van der Waals surface area contributed by atoms with E-state index >= 15 is 0 Å². The van der Waals surface area contributed by atoms with Crippen molar-refractivity contribution in [3.63, 3.8) is 0 Å². The molecule has 1 saturated heterocycles. The third kappa shape index (κ3) is 2.28. The highest BCUT2D eigenvalue weighted by Gasteiger charge is 2.36. The van der Waals surface area contributed by atoms with Gasteiger partial charge in [0.2, 0.25) is 0 Å². The van der Waals surface area contributed by atoms with Gasteiger partial charge in [-0.15, -0.1) is 0 Å². The fourth-order valence-electron chi connectivity index (χ4n) is 2.96. The number of fused-ring (bicyclic) bond motifs is 1. The summed E-state index contributed by atoms with van der Waals surface area (Å²) in [6.45, 7) is 1.72. The summed E-state index contributed by atoms with van der Waals surface area (Å²) in [6, 6.07) is 11.3. The standard InChI is InChI=1S/C16H19NO2/c1-2-4-14-12(3-1)9-15(19-14)16(11-5-6-11)17-13-7-8-18-10-13/h1-4,9,11,13,16-17H,5-8,10H2/t13-,16-/m0/s1. The first-order valence-corrected chi connectivity index (χ1v) is 7.22. The van der Waals surface area contributed by atoms with Gasteiger partial charge in [0.1, 0.15) is 11.3 Å². The van der Waals surface area contributed by atoms with E-state index < -0.39 is 0 Å². The minimum absolute atomic E-state index is 0.360. The number of rotatable bonds is 4. The summed E-state index contributed by atoms with van der Waals surface area (Å²) in [7, 11) is 0. The first kappa shape index (κ1) is 11.5. The van der Waals surface area contributed by atoms with Crippen molar-refractivity contribution in [2.75, 3.05) is 13.2 Å². The highest BCUT2D eigenvalue weighted by molar-refractivity contribution is 5.77. The zero-order chi connectivity index (χ0) is 12.7. The number of para-hydroxylation sites is 1. The van der Waals surface area contributed by atoms with E-state index in [-0.39, 0.29) is 0 Å². The van der Waals surface area contributed by atoms with Gasteiger partial charge in [0.15, 0.2) is 0 Å². The summed E-state index contributed by atoms with van der Waals surface area (Å²) in [6.07, 6.45) is 3.73. The van der Waals surface area contributed by atoms with Crippen LogP contribution < -0.4 is 5.32 Å². The number of hydrogen-bond donors (Lipinski definition) is 1. The first-order valence-electron chi connectivity index (χ1n) is 7.22. The second-order valence-electron chi connectivity index (χ2n) is 5.73. The van der Waals surface area contributed by atoms with Crippen LogP contribution in [0.25, 0.3) is 11.0 Å². The fraction of sp³-hybridized carbons (Fsp3) is 0.500. The van der Waals surface area contributed by atoms with Gasteiger partial charge in [-0.1, -0.05) is 18.2 Å². The Balaban J connectivity index is 1.61. The molecule has 2 aliphatic rings. The smallest absolute Gasteiger partial charge is 0.134 e. The lowest BCUT2D eigenvalue weighted by Gasteiger charge is -2.20. The van der Waals surface area contributed by atoms with Gasteiger partial charge in [-0.3, -0.25) is 0 Å². The Labute approximate surface area is 112 Å². The number of nitrogens with one attached hydrogen (secondary N) is 1. The van der Waals surface area contributed by atoms with E-state index in [0.717, 1.165) is 36.9 Å². The molecule has 0 unspecified atom stereocenters. The van der Waals surface area contributed by atoms with E-state index in [9.17, 15) is 0 Å². The molecular weight excluding hydrogens is 238 g/mol. The molecule has 2 aromatic rings. The summed E-state index contributed by atoms with van der Waals surface area (Å²) in [5, 5.41) is 4.94. The van der Waals surface area contributed by atoms with Gasteiger partial charge in [-0.2, -0.15) is 0 Å². The van der Waals surface area contributed by atoms with E-state index in [0.29, 0.717) is 12.1 Å². The van der Waals surface area contributed by atoms with E-state index in [2.05, 4.69) is 23.5 Å². The molecule has 0 amide bonds. The lowest BCUT2D eigenvalue weighted by Crippen LogP contribution is -2.34. The first-order chi connectivity index (χ1) is 9.40. The predicted molar refractivity (Wildman–Crippen MR) is 74.0 cm³/mol. The molecule has 1 N–H and O–H groups in total. The van der Waals surface area contributed by atoms with E-state index in [1.54, 1.807) is 0 Å². The normalized spacial score (nSPS) is 24.9. The van der Waals surface area contributed by atoms with Crippen LogP contribution >= 0.6 is 0 Å². The monoisotopic (exact) mass is 257 g/mol. The molecule has 3 nitrogen and oxygen atoms in total. The van der Waals surface area contributed by atoms with Crippen LogP contribution in [0.4, 0.5) is 0 Å². The minimum Gasteiger partial charge on any atom is -0.459 e. The van der Waals surface area contributed by atoms with Crippen molar-refractivity contribution < 1.29 is 9.15 Å². The van der Waals surface area contributed by atoms with Crippen LogP contribution in [-0.4, -0.2) is 19.3 Å². The average Bonchev–Trinajstić information content (AvgIpc) is 2.99. The van der Waals surface area contributed by atoms with Crippen molar-refractivity contribution in [2.24, 2.45) is 5.92 Å². The molecule has 0 radical (unpaired) electrons. The molecule has 0 spiro atoms. The molecule has 1 aromatic heterocycles. The largest absolute Gasteiger partial charge is 0.459 e. The molecule has 19 heavy (non-hydrogen) atoms. The van der Waals surface area contributed by atoms with Crippen LogP contribution in [0.3, 0.4) is 0 Å². The number of ether oxygens (including phenoxy) is 1. The molecule has 1 aliphatic heterocycles. The van der Waals surface area contributed by atoms with Crippen LogP contribution in [0.5, 0.6) is 0 Å². The van der Waals surface area contributed by atoms with Gasteiger partial charge < -0.3 is 14.5 Å². The Kier molecular flexibility index (Phi) is 2.82. The fourth-order valence-corrected chi connectivity index (χ4v) is 2.96. The minimum atomic E-state index is 0.360. The molecule has 1 aliphatic carbocycles. The Morgan fingerprint density at radius 3 is 2.79 bits per heavy atom. The SMILES string of the molecule is c1ccc2oc([C@@H](N[C@H]3CCOC3)C3CC3)cc2c1.